The molecule has 1 saturated carbocycles. The fourth-order valence-corrected chi connectivity index (χ4v) is 3.38. The van der Waals surface area contributed by atoms with Crippen LogP contribution in [-0.4, -0.2) is 88.1 Å². The second-order valence-corrected chi connectivity index (χ2v) is 6.76. The number of aromatic nitrogens is 2. The fraction of sp³-hybridized carbons (Fsp3) is 0.625. The van der Waals surface area contributed by atoms with Gasteiger partial charge in [-0.1, -0.05) is 0 Å². The van der Waals surface area contributed by atoms with Crippen LogP contribution in [-0.2, 0) is 4.79 Å². The molecular weight excluding hydrogens is 340 g/mol. The summed E-state index contributed by atoms with van der Waals surface area (Å²) >= 11 is 0. The summed E-state index contributed by atoms with van der Waals surface area (Å²) in [5.41, 5.74) is 0.311. The van der Waals surface area contributed by atoms with E-state index in [0.29, 0.717) is 44.7 Å². The monoisotopic (exact) mass is 364 g/mol. The molecule has 10 nitrogen and oxygen atoms in total. The lowest BCUT2D eigenvalue weighted by atomic mass is 10.1. The van der Waals surface area contributed by atoms with Gasteiger partial charge < -0.3 is 30.5 Å². The van der Waals surface area contributed by atoms with Crippen LogP contribution in [0.15, 0.2) is 12.5 Å². The van der Waals surface area contributed by atoms with Gasteiger partial charge in [0, 0.05) is 39.1 Å². The molecule has 1 saturated heterocycles. The number of urea groups is 1. The third-order valence-corrected chi connectivity index (χ3v) is 4.94. The van der Waals surface area contributed by atoms with Crippen molar-refractivity contribution in [3.05, 3.63) is 18.2 Å². The molecule has 4 N–H and O–H groups in total. The first-order valence-corrected chi connectivity index (χ1v) is 8.70. The zero-order chi connectivity index (χ0) is 18.7. The molecule has 3 atom stereocenters. The van der Waals surface area contributed by atoms with E-state index in [0.717, 1.165) is 0 Å². The van der Waals surface area contributed by atoms with Crippen LogP contribution < -0.4 is 10.6 Å². The number of H-pyrrole nitrogens is 1. The number of amides is 4. The molecule has 1 aliphatic heterocycles. The Morgan fingerprint density at radius 3 is 2.85 bits per heavy atom. The molecule has 0 spiro atoms. The number of hydrogen-bond donors (Lipinski definition) is 4. The Morgan fingerprint density at radius 2 is 2.19 bits per heavy atom. The van der Waals surface area contributed by atoms with Crippen LogP contribution in [0.1, 0.15) is 23.3 Å². The molecule has 0 bridgehead atoms. The van der Waals surface area contributed by atoms with Gasteiger partial charge in [0.1, 0.15) is 5.69 Å². The maximum atomic E-state index is 12.3. The van der Waals surface area contributed by atoms with Gasteiger partial charge in [0.25, 0.3) is 5.91 Å². The number of nitrogens with one attached hydrogen (secondary N) is 3. The molecule has 0 unspecified atom stereocenters. The summed E-state index contributed by atoms with van der Waals surface area (Å²) in [6.45, 7) is 2.19. The number of aliphatic hydroxyl groups excluding tert-OH is 1. The molecule has 2 fully saturated rings. The predicted octanol–water partition coefficient (Wildman–Crippen LogP) is -1.24. The first-order chi connectivity index (χ1) is 12.5. The minimum atomic E-state index is -0.772. The van der Waals surface area contributed by atoms with E-state index in [2.05, 4.69) is 20.6 Å². The molecule has 26 heavy (non-hydrogen) atoms. The SMILES string of the molecule is CN1CCN(CCNC(=O)[C@H]2C[C@H](NC(=O)c3cnc[nH]3)[C@@H](O)C2)C1=O. The zero-order valence-corrected chi connectivity index (χ0v) is 14.6. The number of nitrogens with zero attached hydrogens (tertiary/aromatic N) is 3. The summed E-state index contributed by atoms with van der Waals surface area (Å²) in [6.07, 6.45) is 2.70. The van der Waals surface area contributed by atoms with Crippen molar-refractivity contribution in [3.8, 4) is 0 Å². The standard InChI is InChI=1S/C16H24N6O4/c1-21-4-5-22(16(21)26)3-2-18-14(24)10-6-11(13(23)7-10)20-15(25)12-8-17-9-19-12/h8-11,13,23H,2-7H2,1H3,(H,17,19)(H,18,24)(H,20,25)/t10-,11-,13-/m0/s1. The maximum Gasteiger partial charge on any atom is 0.319 e. The summed E-state index contributed by atoms with van der Waals surface area (Å²) in [5, 5.41) is 15.7. The predicted molar refractivity (Wildman–Crippen MR) is 91.2 cm³/mol. The van der Waals surface area contributed by atoms with Gasteiger partial charge in [0.2, 0.25) is 5.91 Å². The summed E-state index contributed by atoms with van der Waals surface area (Å²) < 4.78 is 0. The highest BCUT2D eigenvalue weighted by Gasteiger charge is 2.38. The van der Waals surface area contributed by atoms with E-state index in [1.165, 1.54) is 12.5 Å². The Balaban J connectivity index is 1.42. The smallest absolute Gasteiger partial charge is 0.319 e. The molecule has 2 aliphatic rings. The normalized spacial score (nSPS) is 25.6. The lowest BCUT2D eigenvalue weighted by Crippen LogP contribution is -2.40. The van der Waals surface area contributed by atoms with E-state index in [-0.39, 0.29) is 23.8 Å². The highest BCUT2D eigenvalue weighted by Crippen LogP contribution is 2.26. The van der Waals surface area contributed by atoms with E-state index in [1.807, 2.05) is 0 Å². The molecule has 0 radical (unpaired) electrons. The lowest BCUT2D eigenvalue weighted by molar-refractivity contribution is -0.125. The Kier molecular flexibility index (Phi) is 5.40. The second kappa shape index (κ2) is 7.73. The number of carbonyl (C=O) groups excluding carboxylic acids is 3. The van der Waals surface area contributed by atoms with Crippen molar-refractivity contribution in [1.29, 1.82) is 0 Å². The Morgan fingerprint density at radius 1 is 1.38 bits per heavy atom. The summed E-state index contributed by atoms with van der Waals surface area (Å²) in [5.74, 6) is -0.888. The van der Waals surface area contributed by atoms with Crippen LogP contribution in [0.5, 0.6) is 0 Å². The number of carbonyl (C=O) groups is 3. The summed E-state index contributed by atoms with van der Waals surface area (Å²) in [4.78, 5) is 45.9. The van der Waals surface area contributed by atoms with E-state index in [1.54, 1.807) is 16.8 Å². The van der Waals surface area contributed by atoms with Gasteiger partial charge in [-0.2, -0.15) is 0 Å². The van der Waals surface area contributed by atoms with E-state index < -0.39 is 12.1 Å². The average molecular weight is 364 g/mol. The zero-order valence-electron chi connectivity index (χ0n) is 14.6. The van der Waals surface area contributed by atoms with Crippen molar-refractivity contribution in [2.45, 2.75) is 25.0 Å². The van der Waals surface area contributed by atoms with E-state index in [4.69, 9.17) is 0 Å². The van der Waals surface area contributed by atoms with Crippen molar-refractivity contribution < 1.29 is 19.5 Å². The summed E-state index contributed by atoms with van der Waals surface area (Å²) in [7, 11) is 1.75. The number of likely N-dealkylation sites (N-methyl/N-ethyl adjacent to an activating group) is 1. The Labute approximate surface area is 150 Å². The molecule has 0 aromatic carbocycles. The molecule has 1 aliphatic carbocycles. The quantitative estimate of drug-likeness (QED) is 0.502. The van der Waals surface area contributed by atoms with Gasteiger partial charge in [-0.3, -0.25) is 9.59 Å². The molecule has 1 aromatic heterocycles. The highest BCUT2D eigenvalue weighted by molar-refractivity contribution is 5.92. The number of hydrogen-bond acceptors (Lipinski definition) is 5. The van der Waals surface area contributed by atoms with Gasteiger partial charge >= 0.3 is 6.03 Å². The molecular formula is C16H24N6O4. The first-order valence-electron chi connectivity index (χ1n) is 8.70. The molecule has 4 amide bonds. The van der Waals surface area contributed by atoms with Crippen LogP contribution in [0.4, 0.5) is 4.79 Å². The van der Waals surface area contributed by atoms with Crippen LogP contribution >= 0.6 is 0 Å². The molecule has 2 heterocycles. The van der Waals surface area contributed by atoms with Crippen molar-refractivity contribution in [3.63, 3.8) is 0 Å². The van der Waals surface area contributed by atoms with Crippen molar-refractivity contribution in [2.24, 2.45) is 5.92 Å². The van der Waals surface area contributed by atoms with E-state index >= 15 is 0 Å². The van der Waals surface area contributed by atoms with Crippen LogP contribution in [0.25, 0.3) is 0 Å². The summed E-state index contributed by atoms with van der Waals surface area (Å²) in [6, 6.07) is -0.507. The van der Waals surface area contributed by atoms with Crippen LogP contribution in [0.2, 0.25) is 0 Å². The first kappa shape index (κ1) is 18.2. The Hall–Kier alpha value is -2.62. The fourth-order valence-electron chi connectivity index (χ4n) is 3.38. The molecule has 3 rings (SSSR count). The number of imidazole rings is 1. The van der Waals surface area contributed by atoms with Crippen molar-refractivity contribution in [2.75, 3.05) is 33.2 Å². The molecule has 1 aromatic rings. The van der Waals surface area contributed by atoms with Gasteiger partial charge in [-0.05, 0) is 12.8 Å². The third-order valence-electron chi connectivity index (χ3n) is 4.94. The van der Waals surface area contributed by atoms with Crippen LogP contribution in [0, 0.1) is 5.92 Å². The van der Waals surface area contributed by atoms with Gasteiger partial charge in [0.15, 0.2) is 0 Å². The average Bonchev–Trinajstić information content (AvgIpc) is 3.33. The molecule has 142 valence electrons. The van der Waals surface area contributed by atoms with Crippen LogP contribution in [0.3, 0.4) is 0 Å². The van der Waals surface area contributed by atoms with Crippen molar-refractivity contribution >= 4 is 17.8 Å². The number of rotatable bonds is 6. The van der Waals surface area contributed by atoms with E-state index in [9.17, 15) is 19.5 Å². The number of aromatic amines is 1. The molecule has 10 heteroatoms. The second-order valence-electron chi connectivity index (χ2n) is 6.76. The van der Waals surface area contributed by atoms with Crippen molar-refractivity contribution in [1.82, 2.24) is 30.4 Å². The third kappa shape index (κ3) is 3.96. The highest BCUT2D eigenvalue weighted by atomic mass is 16.3. The Bertz CT molecular complexity index is 664. The topological polar surface area (TPSA) is 131 Å². The largest absolute Gasteiger partial charge is 0.391 e. The number of aliphatic hydroxyl groups is 1. The van der Waals surface area contributed by atoms with Gasteiger partial charge in [-0.25, -0.2) is 9.78 Å². The lowest BCUT2D eigenvalue weighted by Gasteiger charge is -2.17. The van der Waals surface area contributed by atoms with Gasteiger partial charge in [0.05, 0.1) is 24.7 Å². The minimum Gasteiger partial charge on any atom is -0.391 e. The van der Waals surface area contributed by atoms with Gasteiger partial charge in [-0.15, -0.1) is 0 Å². The maximum absolute atomic E-state index is 12.3. The minimum absolute atomic E-state index is 0.0304.